The van der Waals surface area contributed by atoms with Crippen LogP contribution in [-0.4, -0.2) is 16.1 Å². The smallest absolute Gasteiger partial charge is 0.112 e. The van der Waals surface area contributed by atoms with Crippen LogP contribution in [0, 0.1) is 0 Å². The quantitative estimate of drug-likeness (QED) is 0.912. The number of para-hydroxylation sites is 2. The molecule has 0 saturated heterocycles. The minimum absolute atomic E-state index is 0.652. The van der Waals surface area contributed by atoms with Crippen molar-refractivity contribution in [3.63, 3.8) is 0 Å². The zero-order chi connectivity index (χ0) is 13.1. The molecular formula is C16H23N3. The van der Waals surface area contributed by atoms with E-state index < -0.39 is 0 Å². The fraction of sp³-hybridized carbons (Fsp3) is 0.562. The van der Waals surface area contributed by atoms with Gasteiger partial charge in [0.15, 0.2) is 0 Å². The average molecular weight is 257 g/mol. The van der Waals surface area contributed by atoms with Crippen LogP contribution in [0.2, 0.25) is 0 Å². The van der Waals surface area contributed by atoms with Crippen LogP contribution in [0.3, 0.4) is 0 Å². The zero-order valence-corrected chi connectivity index (χ0v) is 11.5. The largest absolute Gasteiger partial charge is 0.330 e. The Balaban J connectivity index is 2.00. The van der Waals surface area contributed by atoms with E-state index in [0.29, 0.717) is 5.92 Å². The van der Waals surface area contributed by atoms with Crippen molar-refractivity contribution in [3.05, 3.63) is 30.1 Å². The number of rotatable bonds is 4. The molecule has 19 heavy (non-hydrogen) atoms. The molecule has 0 aliphatic heterocycles. The molecule has 0 unspecified atom stereocenters. The summed E-state index contributed by atoms with van der Waals surface area (Å²) < 4.78 is 2.41. The van der Waals surface area contributed by atoms with E-state index >= 15 is 0 Å². The van der Waals surface area contributed by atoms with Crippen molar-refractivity contribution in [2.24, 2.45) is 5.73 Å². The molecule has 1 aliphatic rings. The lowest BCUT2D eigenvalue weighted by atomic mass is 9.88. The van der Waals surface area contributed by atoms with Crippen molar-refractivity contribution in [1.29, 1.82) is 0 Å². The van der Waals surface area contributed by atoms with E-state index in [1.165, 1.54) is 43.4 Å². The Morgan fingerprint density at radius 1 is 1.16 bits per heavy atom. The van der Waals surface area contributed by atoms with Crippen LogP contribution in [0.4, 0.5) is 0 Å². The van der Waals surface area contributed by atoms with Crippen molar-refractivity contribution in [2.45, 2.75) is 51.0 Å². The fourth-order valence-electron chi connectivity index (χ4n) is 3.25. The first kappa shape index (κ1) is 12.7. The summed E-state index contributed by atoms with van der Waals surface area (Å²) in [5.41, 5.74) is 8.10. The van der Waals surface area contributed by atoms with Crippen LogP contribution in [-0.2, 0) is 6.54 Å². The van der Waals surface area contributed by atoms with Gasteiger partial charge in [-0.05, 0) is 37.9 Å². The molecule has 2 aromatic rings. The predicted molar refractivity (Wildman–Crippen MR) is 79.2 cm³/mol. The molecule has 0 radical (unpaired) electrons. The second kappa shape index (κ2) is 5.74. The molecule has 0 bridgehead atoms. The summed E-state index contributed by atoms with van der Waals surface area (Å²) in [6, 6.07) is 8.49. The van der Waals surface area contributed by atoms with Crippen LogP contribution in [0.25, 0.3) is 11.0 Å². The maximum absolute atomic E-state index is 5.68. The van der Waals surface area contributed by atoms with E-state index in [9.17, 15) is 0 Å². The van der Waals surface area contributed by atoms with Crippen molar-refractivity contribution in [2.75, 3.05) is 6.54 Å². The van der Waals surface area contributed by atoms with Crippen molar-refractivity contribution < 1.29 is 0 Å². The Morgan fingerprint density at radius 3 is 2.74 bits per heavy atom. The van der Waals surface area contributed by atoms with Gasteiger partial charge in [0.25, 0.3) is 0 Å². The van der Waals surface area contributed by atoms with Crippen LogP contribution < -0.4 is 5.73 Å². The Bertz CT molecular complexity index is 538. The summed E-state index contributed by atoms with van der Waals surface area (Å²) >= 11 is 0. The molecule has 0 amide bonds. The third-order valence-electron chi connectivity index (χ3n) is 4.24. The van der Waals surface area contributed by atoms with Gasteiger partial charge in [0.05, 0.1) is 11.0 Å². The van der Waals surface area contributed by atoms with Gasteiger partial charge in [0.1, 0.15) is 5.82 Å². The summed E-state index contributed by atoms with van der Waals surface area (Å²) in [6.45, 7) is 1.75. The van der Waals surface area contributed by atoms with E-state index in [4.69, 9.17) is 10.7 Å². The highest BCUT2D eigenvalue weighted by atomic mass is 15.1. The maximum Gasteiger partial charge on any atom is 0.112 e. The predicted octanol–water partition coefficient (Wildman–Crippen LogP) is 3.43. The molecule has 1 heterocycles. The van der Waals surface area contributed by atoms with Gasteiger partial charge in [-0.2, -0.15) is 0 Å². The summed E-state index contributed by atoms with van der Waals surface area (Å²) in [4.78, 5) is 4.91. The molecule has 102 valence electrons. The molecule has 0 spiro atoms. The minimum atomic E-state index is 0.652. The molecule has 1 aromatic heterocycles. The standard InChI is InChI=1S/C16H23N3/c17-11-6-12-19-15-10-5-4-9-14(15)18-16(19)13-7-2-1-3-8-13/h4-5,9-10,13H,1-3,6-8,11-12,17H2. The zero-order valence-electron chi connectivity index (χ0n) is 11.5. The van der Waals surface area contributed by atoms with Crippen LogP contribution in [0.15, 0.2) is 24.3 Å². The number of hydrogen-bond acceptors (Lipinski definition) is 2. The SMILES string of the molecule is NCCCn1c(C2CCCCC2)nc2ccccc21. The molecule has 0 atom stereocenters. The number of hydrogen-bond donors (Lipinski definition) is 1. The van der Waals surface area contributed by atoms with Crippen molar-refractivity contribution in [1.82, 2.24) is 9.55 Å². The molecular weight excluding hydrogens is 234 g/mol. The second-order valence-corrected chi connectivity index (χ2v) is 5.59. The first-order valence-electron chi connectivity index (χ1n) is 7.55. The second-order valence-electron chi connectivity index (χ2n) is 5.59. The van der Waals surface area contributed by atoms with Gasteiger partial charge < -0.3 is 10.3 Å². The minimum Gasteiger partial charge on any atom is -0.330 e. The van der Waals surface area contributed by atoms with Gasteiger partial charge in [0.2, 0.25) is 0 Å². The Kier molecular flexibility index (Phi) is 3.83. The van der Waals surface area contributed by atoms with E-state index in [1.54, 1.807) is 0 Å². The number of imidazole rings is 1. The molecule has 1 fully saturated rings. The third-order valence-corrected chi connectivity index (χ3v) is 4.24. The monoisotopic (exact) mass is 257 g/mol. The highest BCUT2D eigenvalue weighted by Gasteiger charge is 2.21. The first-order chi connectivity index (χ1) is 9.40. The number of benzene rings is 1. The lowest BCUT2D eigenvalue weighted by molar-refractivity contribution is 0.415. The van der Waals surface area contributed by atoms with E-state index in [1.807, 2.05) is 0 Å². The van der Waals surface area contributed by atoms with Gasteiger partial charge in [-0.15, -0.1) is 0 Å². The summed E-state index contributed by atoms with van der Waals surface area (Å²) in [5.74, 6) is 1.95. The van der Waals surface area contributed by atoms with Crippen molar-refractivity contribution in [3.8, 4) is 0 Å². The molecule has 3 rings (SSSR count). The summed E-state index contributed by atoms with van der Waals surface area (Å²) in [5, 5.41) is 0. The van der Waals surface area contributed by atoms with Crippen LogP contribution >= 0.6 is 0 Å². The van der Waals surface area contributed by atoms with E-state index in [2.05, 4.69) is 28.8 Å². The van der Waals surface area contributed by atoms with E-state index in [-0.39, 0.29) is 0 Å². The average Bonchev–Trinajstić information content (AvgIpc) is 2.85. The highest BCUT2D eigenvalue weighted by Crippen LogP contribution is 2.33. The number of fused-ring (bicyclic) bond motifs is 1. The Morgan fingerprint density at radius 2 is 1.95 bits per heavy atom. The molecule has 3 nitrogen and oxygen atoms in total. The Labute approximate surface area is 114 Å². The maximum atomic E-state index is 5.68. The van der Waals surface area contributed by atoms with Gasteiger partial charge in [0, 0.05) is 12.5 Å². The molecule has 3 heteroatoms. The lowest BCUT2D eigenvalue weighted by Gasteiger charge is -2.22. The Hall–Kier alpha value is -1.35. The summed E-state index contributed by atoms with van der Waals surface area (Å²) in [7, 11) is 0. The van der Waals surface area contributed by atoms with Gasteiger partial charge in [-0.1, -0.05) is 31.4 Å². The number of aromatic nitrogens is 2. The molecule has 1 aliphatic carbocycles. The normalized spacial score (nSPS) is 17.1. The van der Waals surface area contributed by atoms with Crippen LogP contribution in [0.5, 0.6) is 0 Å². The van der Waals surface area contributed by atoms with Crippen molar-refractivity contribution >= 4 is 11.0 Å². The fourth-order valence-corrected chi connectivity index (χ4v) is 3.25. The third kappa shape index (κ3) is 2.52. The lowest BCUT2D eigenvalue weighted by Crippen LogP contribution is -2.14. The topological polar surface area (TPSA) is 43.8 Å². The van der Waals surface area contributed by atoms with Gasteiger partial charge in [-0.3, -0.25) is 0 Å². The van der Waals surface area contributed by atoms with Gasteiger partial charge >= 0.3 is 0 Å². The molecule has 1 saturated carbocycles. The highest BCUT2D eigenvalue weighted by molar-refractivity contribution is 5.76. The van der Waals surface area contributed by atoms with Gasteiger partial charge in [-0.25, -0.2) is 4.98 Å². The van der Waals surface area contributed by atoms with Crippen LogP contribution in [0.1, 0.15) is 50.3 Å². The summed E-state index contributed by atoms with van der Waals surface area (Å²) in [6.07, 6.45) is 7.72. The number of nitrogens with zero attached hydrogens (tertiary/aromatic N) is 2. The number of nitrogens with two attached hydrogens (primary N) is 1. The first-order valence-corrected chi connectivity index (χ1v) is 7.55. The number of aryl methyl sites for hydroxylation is 1. The van der Waals surface area contributed by atoms with E-state index in [0.717, 1.165) is 25.0 Å². The molecule has 2 N–H and O–H groups in total. The molecule has 1 aromatic carbocycles.